The predicted octanol–water partition coefficient (Wildman–Crippen LogP) is 3.30. The number of nitrogens with zero attached hydrogens (tertiary/aromatic N) is 1. The largest absolute Gasteiger partial charge is 0.494 e. The number of methoxy groups -OCH3 is 1. The number of hydrogen-bond acceptors (Lipinski definition) is 4. The molecule has 0 aliphatic carbocycles. The Bertz CT molecular complexity index is 746. The molecule has 0 saturated heterocycles. The maximum Gasteiger partial charge on any atom is 0.273 e. The van der Waals surface area contributed by atoms with E-state index in [0.29, 0.717) is 5.56 Å². The van der Waals surface area contributed by atoms with Crippen molar-refractivity contribution >= 4 is 17.3 Å². The van der Waals surface area contributed by atoms with Crippen molar-refractivity contribution in [2.45, 2.75) is 6.92 Å². The number of amides is 1. The highest BCUT2D eigenvalue weighted by Crippen LogP contribution is 2.29. The van der Waals surface area contributed by atoms with E-state index in [2.05, 4.69) is 5.32 Å². The summed E-state index contributed by atoms with van der Waals surface area (Å²) in [6, 6.07) is 7.92. The molecule has 0 aliphatic heterocycles. The number of nitro benzene ring substituents is 1. The van der Waals surface area contributed by atoms with E-state index in [9.17, 15) is 19.3 Å². The van der Waals surface area contributed by atoms with Gasteiger partial charge in [0.1, 0.15) is 11.6 Å². The van der Waals surface area contributed by atoms with Gasteiger partial charge in [-0.15, -0.1) is 0 Å². The fraction of sp³-hybridized carbons (Fsp3) is 0.133. The zero-order chi connectivity index (χ0) is 16.3. The lowest BCUT2D eigenvalue weighted by Gasteiger charge is -2.10. The Balaban J connectivity index is 2.27. The Hall–Kier alpha value is -2.96. The molecule has 0 unspecified atom stereocenters. The van der Waals surface area contributed by atoms with Gasteiger partial charge < -0.3 is 10.1 Å². The summed E-state index contributed by atoms with van der Waals surface area (Å²) >= 11 is 0. The lowest BCUT2D eigenvalue weighted by Crippen LogP contribution is -2.13. The summed E-state index contributed by atoms with van der Waals surface area (Å²) in [5, 5.41) is 13.3. The number of ether oxygens (including phenoxy) is 1. The Morgan fingerprint density at radius 1 is 1.27 bits per heavy atom. The third-order valence-corrected chi connectivity index (χ3v) is 3.08. The summed E-state index contributed by atoms with van der Waals surface area (Å²) in [6.45, 7) is 1.59. The smallest absolute Gasteiger partial charge is 0.273 e. The molecule has 0 saturated carbocycles. The monoisotopic (exact) mass is 304 g/mol. The van der Waals surface area contributed by atoms with Crippen LogP contribution in [-0.4, -0.2) is 17.9 Å². The standard InChI is InChI=1S/C15H13FN2O4/c1-9-3-4-10(7-12(9)16)15(19)17-13-6-5-11(18(20)21)8-14(13)22-2/h3-8H,1-2H3,(H,17,19). The van der Waals surface area contributed by atoms with Crippen LogP contribution in [0, 0.1) is 22.9 Å². The summed E-state index contributed by atoms with van der Waals surface area (Å²) in [7, 11) is 1.33. The van der Waals surface area contributed by atoms with Crippen molar-refractivity contribution < 1.29 is 18.8 Å². The molecule has 0 bridgehead atoms. The summed E-state index contributed by atoms with van der Waals surface area (Å²) in [5.74, 6) is -0.871. The molecular formula is C15H13FN2O4. The number of halogens is 1. The van der Waals surface area contributed by atoms with Gasteiger partial charge >= 0.3 is 0 Å². The normalized spacial score (nSPS) is 10.1. The highest BCUT2D eigenvalue weighted by molar-refractivity contribution is 6.05. The minimum absolute atomic E-state index is 0.142. The predicted molar refractivity (Wildman–Crippen MR) is 78.7 cm³/mol. The number of non-ortho nitro benzene ring substituents is 1. The van der Waals surface area contributed by atoms with E-state index in [1.807, 2.05) is 0 Å². The molecule has 7 heteroatoms. The van der Waals surface area contributed by atoms with E-state index >= 15 is 0 Å². The number of rotatable bonds is 4. The third-order valence-electron chi connectivity index (χ3n) is 3.08. The van der Waals surface area contributed by atoms with Crippen LogP contribution in [-0.2, 0) is 0 Å². The van der Waals surface area contributed by atoms with Crippen LogP contribution < -0.4 is 10.1 Å². The number of carbonyl (C=O) groups excluding carboxylic acids is 1. The molecule has 114 valence electrons. The van der Waals surface area contributed by atoms with Crippen molar-refractivity contribution in [1.29, 1.82) is 0 Å². The minimum Gasteiger partial charge on any atom is -0.494 e. The van der Waals surface area contributed by atoms with Crippen molar-refractivity contribution in [3.05, 3.63) is 63.5 Å². The van der Waals surface area contributed by atoms with E-state index in [1.54, 1.807) is 6.92 Å². The second-order valence-electron chi connectivity index (χ2n) is 4.56. The van der Waals surface area contributed by atoms with Gasteiger partial charge in [-0.1, -0.05) is 6.07 Å². The SMILES string of the molecule is COc1cc([N+](=O)[O-])ccc1NC(=O)c1ccc(C)c(F)c1. The van der Waals surface area contributed by atoms with Gasteiger partial charge in [0, 0.05) is 11.6 Å². The Labute approximate surface area is 125 Å². The van der Waals surface area contributed by atoms with Crippen LogP contribution >= 0.6 is 0 Å². The highest BCUT2D eigenvalue weighted by Gasteiger charge is 2.15. The average Bonchev–Trinajstić information content (AvgIpc) is 2.50. The molecule has 2 aromatic carbocycles. The zero-order valence-corrected chi connectivity index (χ0v) is 11.9. The second-order valence-corrected chi connectivity index (χ2v) is 4.56. The molecule has 0 radical (unpaired) electrons. The lowest BCUT2D eigenvalue weighted by molar-refractivity contribution is -0.384. The first-order valence-corrected chi connectivity index (χ1v) is 6.32. The highest BCUT2D eigenvalue weighted by atomic mass is 19.1. The van der Waals surface area contributed by atoms with Gasteiger partial charge in [-0.3, -0.25) is 14.9 Å². The van der Waals surface area contributed by atoms with Gasteiger partial charge in [-0.05, 0) is 30.7 Å². The molecular weight excluding hydrogens is 291 g/mol. The summed E-state index contributed by atoms with van der Waals surface area (Å²) in [5.41, 5.74) is 0.684. The lowest BCUT2D eigenvalue weighted by atomic mass is 10.1. The molecule has 2 rings (SSSR count). The maximum atomic E-state index is 13.5. The van der Waals surface area contributed by atoms with Crippen molar-refractivity contribution in [2.75, 3.05) is 12.4 Å². The molecule has 0 aliphatic rings. The summed E-state index contributed by atoms with van der Waals surface area (Å²) < 4.78 is 18.5. The molecule has 2 aromatic rings. The van der Waals surface area contributed by atoms with Gasteiger partial charge in [0.15, 0.2) is 0 Å². The van der Waals surface area contributed by atoms with Crippen LogP contribution in [0.2, 0.25) is 0 Å². The average molecular weight is 304 g/mol. The van der Waals surface area contributed by atoms with Crippen molar-refractivity contribution in [1.82, 2.24) is 0 Å². The van der Waals surface area contributed by atoms with E-state index in [1.165, 1.54) is 37.4 Å². The number of benzene rings is 2. The van der Waals surface area contributed by atoms with Crippen molar-refractivity contribution in [3.8, 4) is 5.75 Å². The van der Waals surface area contributed by atoms with E-state index in [-0.39, 0.29) is 22.7 Å². The fourth-order valence-corrected chi connectivity index (χ4v) is 1.83. The first kappa shape index (κ1) is 15.4. The van der Waals surface area contributed by atoms with Gasteiger partial charge in [0.05, 0.1) is 23.8 Å². The Morgan fingerprint density at radius 2 is 2.00 bits per heavy atom. The molecule has 22 heavy (non-hydrogen) atoms. The van der Waals surface area contributed by atoms with Crippen molar-refractivity contribution in [2.24, 2.45) is 0 Å². The third kappa shape index (κ3) is 3.20. The van der Waals surface area contributed by atoms with Crippen LogP contribution in [0.3, 0.4) is 0 Å². The topological polar surface area (TPSA) is 81.5 Å². The maximum absolute atomic E-state index is 13.5. The Morgan fingerprint density at radius 3 is 2.59 bits per heavy atom. The number of nitrogens with one attached hydrogen (secondary N) is 1. The van der Waals surface area contributed by atoms with Gasteiger partial charge in [-0.25, -0.2) is 4.39 Å². The summed E-state index contributed by atoms with van der Waals surface area (Å²) in [6.07, 6.45) is 0. The number of aryl methyl sites for hydroxylation is 1. The van der Waals surface area contributed by atoms with Gasteiger partial charge in [0.2, 0.25) is 0 Å². The zero-order valence-electron chi connectivity index (χ0n) is 11.9. The number of hydrogen-bond donors (Lipinski definition) is 1. The van der Waals surface area contributed by atoms with E-state index < -0.39 is 16.6 Å². The first-order valence-electron chi connectivity index (χ1n) is 6.32. The van der Waals surface area contributed by atoms with Crippen molar-refractivity contribution in [3.63, 3.8) is 0 Å². The molecule has 0 aromatic heterocycles. The van der Waals surface area contributed by atoms with Crippen LogP contribution in [0.4, 0.5) is 15.8 Å². The second kappa shape index (κ2) is 6.21. The molecule has 0 spiro atoms. The van der Waals surface area contributed by atoms with Crippen LogP contribution in [0.15, 0.2) is 36.4 Å². The quantitative estimate of drug-likeness (QED) is 0.694. The number of carbonyl (C=O) groups is 1. The van der Waals surface area contributed by atoms with E-state index in [0.717, 1.165) is 6.07 Å². The van der Waals surface area contributed by atoms with Crippen LogP contribution in [0.1, 0.15) is 15.9 Å². The molecule has 0 atom stereocenters. The van der Waals surface area contributed by atoms with Crippen LogP contribution in [0.5, 0.6) is 5.75 Å². The van der Waals surface area contributed by atoms with Gasteiger partial charge in [-0.2, -0.15) is 0 Å². The molecule has 0 heterocycles. The molecule has 6 nitrogen and oxygen atoms in total. The van der Waals surface area contributed by atoms with Crippen LogP contribution in [0.25, 0.3) is 0 Å². The Kier molecular flexibility index (Phi) is 4.36. The molecule has 0 fully saturated rings. The fourth-order valence-electron chi connectivity index (χ4n) is 1.83. The molecule has 1 N–H and O–H groups in total. The first-order chi connectivity index (χ1) is 10.4. The number of nitro groups is 1. The summed E-state index contributed by atoms with van der Waals surface area (Å²) in [4.78, 5) is 22.2. The van der Waals surface area contributed by atoms with Gasteiger partial charge in [0.25, 0.3) is 11.6 Å². The molecule has 1 amide bonds. The number of anilines is 1. The van der Waals surface area contributed by atoms with E-state index in [4.69, 9.17) is 4.74 Å². The minimum atomic E-state index is -0.566.